The van der Waals surface area contributed by atoms with Crippen LogP contribution in [0.5, 0.6) is 0 Å². The average Bonchev–Trinajstić information content (AvgIpc) is 3.84. The van der Waals surface area contributed by atoms with Crippen molar-refractivity contribution in [3.8, 4) is 11.1 Å². The van der Waals surface area contributed by atoms with Crippen molar-refractivity contribution >= 4 is 29.9 Å². The molecule has 6 aromatic carbocycles. The van der Waals surface area contributed by atoms with Crippen molar-refractivity contribution in [3.63, 3.8) is 0 Å². The van der Waals surface area contributed by atoms with E-state index in [0.717, 1.165) is 50.1 Å². The maximum absolute atomic E-state index is 13.7. The summed E-state index contributed by atoms with van der Waals surface area (Å²) in [7, 11) is 0. The largest absolute Gasteiger partial charge is 0.441 e. The molecule has 0 amide bonds. The molecule has 0 aromatic heterocycles. The first-order valence-electron chi connectivity index (χ1n) is 17.3. The Balaban J connectivity index is 1.06. The Morgan fingerprint density at radius 1 is 0.623 bits per heavy atom. The summed E-state index contributed by atoms with van der Waals surface area (Å²) in [6.45, 7) is 0. The first kappa shape index (κ1) is 31.0. The molecule has 10 rings (SSSR count). The van der Waals surface area contributed by atoms with Gasteiger partial charge in [0.05, 0.1) is 28.1 Å². The lowest BCUT2D eigenvalue weighted by Gasteiger charge is -2.34. The molecule has 0 saturated carbocycles. The molecule has 8 heteroatoms. The smallest absolute Gasteiger partial charge is 0.346 e. The van der Waals surface area contributed by atoms with Crippen molar-refractivity contribution in [2.45, 2.75) is 23.6 Å². The molecule has 0 bridgehead atoms. The van der Waals surface area contributed by atoms with Crippen LogP contribution >= 0.6 is 0 Å². The van der Waals surface area contributed by atoms with Crippen molar-refractivity contribution in [1.82, 2.24) is 5.32 Å². The fourth-order valence-electron chi connectivity index (χ4n) is 8.49. The number of ether oxygens (including phenoxy) is 2. The Bertz CT molecular complexity index is 2560. The second kappa shape index (κ2) is 11.4. The van der Waals surface area contributed by atoms with E-state index in [4.69, 9.17) is 14.9 Å². The van der Waals surface area contributed by atoms with Gasteiger partial charge in [0.1, 0.15) is 0 Å². The maximum atomic E-state index is 13.7. The summed E-state index contributed by atoms with van der Waals surface area (Å²) in [6.07, 6.45) is 1.15. The average molecular weight is 693 g/mol. The van der Waals surface area contributed by atoms with E-state index in [1.807, 2.05) is 60.7 Å². The van der Waals surface area contributed by atoms with E-state index in [1.165, 1.54) is 18.3 Å². The van der Waals surface area contributed by atoms with Crippen LogP contribution in [0, 0.1) is 5.41 Å². The zero-order valence-electron chi connectivity index (χ0n) is 28.0. The molecule has 1 fully saturated rings. The molecule has 1 saturated heterocycles. The molecule has 6 aromatic rings. The van der Waals surface area contributed by atoms with E-state index in [2.05, 4.69) is 53.8 Å². The minimum absolute atomic E-state index is 0.0154. The van der Waals surface area contributed by atoms with Crippen LogP contribution in [-0.2, 0) is 14.9 Å². The standard InChI is InChI=1S/C45H28N2O6/c46-23-36(26-13-19-32-34(21-26)39-41(47-39)52-42(32)49)24-9-15-28(16-10-24)45(37-7-3-1-5-30(37)31-6-2-4-8-38(31)45)29-17-11-25(12-18-29)40(48)27-14-20-33-35(22-27)44(51)53-43(33)50/h1-23,36,39,41,46-47H. The van der Waals surface area contributed by atoms with Crippen LogP contribution in [0.15, 0.2) is 133 Å². The van der Waals surface area contributed by atoms with E-state index in [0.29, 0.717) is 11.1 Å². The number of rotatable bonds is 7. The van der Waals surface area contributed by atoms with Crippen LogP contribution in [0.25, 0.3) is 11.1 Å². The molecular formula is C45H28N2O6. The summed E-state index contributed by atoms with van der Waals surface area (Å²) in [5.41, 5.74) is 10.1. The summed E-state index contributed by atoms with van der Waals surface area (Å²) in [5.74, 6) is -2.40. The van der Waals surface area contributed by atoms with Crippen LogP contribution in [0.3, 0.4) is 0 Å². The molecule has 254 valence electrons. The second-order valence-corrected chi connectivity index (χ2v) is 13.8. The minimum Gasteiger partial charge on any atom is -0.441 e. The van der Waals surface area contributed by atoms with Crippen LogP contribution in [0.4, 0.5) is 0 Å². The van der Waals surface area contributed by atoms with Gasteiger partial charge in [-0.1, -0.05) is 115 Å². The van der Waals surface area contributed by atoms with Gasteiger partial charge >= 0.3 is 17.9 Å². The van der Waals surface area contributed by atoms with Crippen LogP contribution < -0.4 is 5.32 Å². The number of hydrogen-bond acceptors (Lipinski definition) is 8. The predicted molar refractivity (Wildman–Crippen MR) is 196 cm³/mol. The molecule has 0 spiro atoms. The van der Waals surface area contributed by atoms with E-state index >= 15 is 0 Å². The van der Waals surface area contributed by atoms with Crippen molar-refractivity contribution in [2.75, 3.05) is 0 Å². The van der Waals surface area contributed by atoms with Crippen LogP contribution in [0.2, 0.25) is 0 Å². The summed E-state index contributed by atoms with van der Waals surface area (Å²) in [4.78, 5) is 50.3. The zero-order valence-corrected chi connectivity index (χ0v) is 28.0. The van der Waals surface area contributed by atoms with Crippen molar-refractivity contribution in [2.24, 2.45) is 0 Å². The Morgan fingerprint density at radius 3 is 1.89 bits per heavy atom. The molecule has 3 aliphatic heterocycles. The Morgan fingerprint density at radius 2 is 1.21 bits per heavy atom. The van der Waals surface area contributed by atoms with Crippen LogP contribution in [0.1, 0.15) is 97.9 Å². The van der Waals surface area contributed by atoms with Gasteiger partial charge in [0.25, 0.3) is 0 Å². The lowest BCUT2D eigenvalue weighted by molar-refractivity contribution is 0.0423. The van der Waals surface area contributed by atoms with Gasteiger partial charge < -0.3 is 14.9 Å². The summed E-state index contributed by atoms with van der Waals surface area (Å²) in [5, 5.41) is 11.6. The Labute approximate surface area is 303 Å². The highest BCUT2D eigenvalue weighted by molar-refractivity contribution is 6.17. The van der Waals surface area contributed by atoms with E-state index in [1.54, 1.807) is 12.1 Å². The van der Waals surface area contributed by atoms with Gasteiger partial charge in [-0.2, -0.15) is 0 Å². The summed E-state index contributed by atoms with van der Waals surface area (Å²) < 4.78 is 10.1. The number of carbonyl (C=O) groups is 4. The first-order chi connectivity index (χ1) is 25.9. The number of hydrogen-bond donors (Lipinski definition) is 2. The van der Waals surface area contributed by atoms with Gasteiger partial charge in [0.2, 0.25) is 0 Å². The number of carbonyl (C=O) groups excluding carboxylic acids is 4. The lowest BCUT2D eigenvalue weighted by Crippen LogP contribution is -2.28. The number of fused-ring (bicyclic) bond motifs is 7. The molecule has 0 radical (unpaired) electrons. The van der Waals surface area contributed by atoms with Gasteiger partial charge in [-0.15, -0.1) is 0 Å². The first-order valence-corrected chi connectivity index (χ1v) is 17.3. The zero-order chi connectivity index (χ0) is 36.0. The number of ketones is 1. The quantitative estimate of drug-likeness (QED) is 0.0581. The van der Waals surface area contributed by atoms with Gasteiger partial charge in [-0.05, 0) is 68.3 Å². The van der Waals surface area contributed by atoms with Gasteiger partial charge in [0, 0.05) is 23.3 Å². The third-order valence-corrected chi connectivity index (χ3v) is 11.1. The van der Waals surface area contributed by atoms with Crippen molar-refractivity contribution in [3.05, 3.63) is 200 Å². The predicted octanol–water partition coefficient (Wildman–Crippen LogP) is 7.51. The molecule has 3 atom stereocenters. The van der Waals surface area contributed by atoms with Crippen molar-refractivity contribution < 1.29 is 28.7 Å². The topological polar surface area (TPSA) is 133 Å². The SMILES string of the molecule is N=CC(c1ccc(C2(c3ccc(C(=O)c4ccc5c(c4)C(=O)OC5=O)cc3)c3ccccc3-c3ccccc32)cc1)c1ccc2c(c1)C1NC1OC2=O. The van der Waals surface area contributed by atoms with E-state index in [-0.39, 0.29) is 46.6 Å². The summed E-state index contributed by atoms with van der Waals surface area (Å²) in [6, 6.07) is 42.9. The maximum Gasteiger partial charge on any atom is 0.346 e. The highest BCUT2D eigenvalue weighted by Gasteiger charge is 2.48. The fourth-order valence-corrected chi connectivity index (χ4v) is 8.49. The van der Waals surface area contributed by atoms with Gasteiger partial charge in [0.15, 0.2) is 12.0 Å². The highest BCUT2D eigenvalue weighted by Crippen LogP contribution is 2.56. The van der Waals surface area contributed by atoms with Crippen molar-refractivity contribution in [1.29, 1.82) is 5.41 Å². The Kier molecular flexibility index (Phi) is 6.65. The molecule has 53 heavy (non-hydrogen) atoms. The molecule has 8 nitrogen and oxygen atoms in total. The van der Waals surface area contributed by atoms with Gasteiger partial charge in [-0.3, -0.25) is 10.1 Å². The molecule has 1 aliphatic carbocycles. The monoisotopic (exact) mass is 692 g/mol. The normalized spacial score (nSPS) is 18.8. The minimum atomic E-state index is -0.753. The fraction of sp³-hybridized carbons (Fsp3) is 0.0889. The number of cyclic esters (lactones) is 2. The molecule has 3 unspecified atom stereocenters. The number of esters is 3. The summed E-state index contributed by atoms with van der Waals surface area (Å²) >= 11 is 0. The molecular weight excluding hydrogens is 665 g/mol. The highest BCUT2D eigenvalue weighted by atomic mass is 16.6. The van der Waals surface area contributed by atoms with Crippen LogP contribution in [-0.4, -0.2) is 36.1 Å². The number of nitrogens with one attached hydrogen (secondary N) is 2. The molecule has 2 N–H and O–H groups in total. The third-order valence-electron chi connectivity index (χ3n) is 11.1. The lowest BCUT2D eigenvalue weighted by atomic mass is 9.67. The second-order valence-electron chi connectivity index (χ2n) is 13.8. The third kappa shape index (κ3) is 4.49. The molecule has 4 aliphatic rings. The number of benzene rings is 6. The Hall–Kier alpha value is -6.77. The molecule has 3 heterocycles. The van der Waals surface area contributed by atoms with E-state index in [9.17, 15) is 19.2 Å². The van der Waals surface area contributed by atoms with E-state index < -0.39 is 17.4 Å². The van der Waals surface area contributed by atoms with Gasteiger partial charge in [-0.25, -0.2) is 14.4 Å².